The molecule has 0 saturated carbocycles. The van der Waals surface area contributed by atoms with Gasteiger partial charge in [0.1, 0.15) is 0 Å². The summed E-state index contributed by atoms with van der Waals surface area (Å²) in [4.78, 5) is 2.70. The second kappa shape index (κ2) is 5.12. The zero-order chi connectivity index (χ0) is 11.5. The highest BCUT2D eigenvalue weighted by Gasteiger charge is 2.22. The lowest BCUT2D eigenvalue weighted by atomic mass is 9.96. The fourth-order valence-electron chi connectivity index (χ4n) is 0.928. The van der Waals surface area contributed by atoms with Crippen LogP contribution in [0.15, 0.2) is 27.1 Å². The van der Waals surface area contributed by atoms with Gasteiger partial charge < -0.3 is 5.01 Å². The minimum atomic E-state index is 0.256. The summed E-state index contributed by atoms with van der Waals surface area (Å²) in [5, 5.41) is 5.95. The Hall–Kier alpha value is -0.350. The van der Waals surface area contributed by atoms with Crippen molar-refractivity contribution in [2.45, 2.75) is 20.8 Å². The van der Waals surface area contributed by atoms with E-state index in [2.05, 4.69) is 38.0 Å². The Labute approximate surface area is 100 Å². The third-order valence-electron chi connectivity index (χ3n) is 1.78. The molecule has 0 unspecified atom stereocenters. The van der Waals surface area contributed by atoms with Crippen LogP contribution in [0.5, 0.6) is 0 Å². The summed E-state index contributed by atoms with van der Waals surface area (Å²) in [7, 11) is 7.49. The van der Waals surface area contributed by atoms with Gasteiger partial charge in [-0.3, -0.25) is 0 Å². The second-order valence-electron chi connectivity index (χ2n) is 4.61. The predicted molar refractivity (Wildman–Crippen MR) is 73.0 cm³/mol. The first-order chi connectivity index (χ1) is 6.89. The van der Waals surface area contributed by atoms with Gasteiger partial charge in [0, 0.05) is 30.1 Å². The van der Waals surface area contributed by atoms with Crippen LogP contribution in [-0.2, 0) is 0 Å². The van der Waals surface area contributed by atoms with Gasteiger partial charge in [-0.2, -0.15) is 5.10 Å². The molecule has 0 atom stereocenters. The van der Waals surface area contributed by atoms with E-state index in [1.165, 1.54) is 9.81 Å². The third-order valence-corrected chi connectivity index (χ3v) is 4.58. The Kier molecular flexibility index (Phi) is 4.34. The Morgan fingerprint density at radius 2 is 1.93 bits per heavy atom. The molecule has 0 aromatic carbocycles. The molecule has 0 bridgehead atoms. The lowest BCUT2D eigenvalue weighted by Gasteiger charge is -2.17. The highest BCUT2D eigenvalue weighted by molar-refractivity contribution is 8.80. The van der Waals surface area contributed by atoms with E-state index in [1.54, 1.807) is 15.8 Å². The molecule has 0 aromatic rings. The first-order valence-electron chi connectivity index (χ1n) is 4.88. The van der Waals surface area contributed by atoms with Crippen LogP contribution in [0, 0.1) is 5.41 Å². The third kappa shape index (κ3) is 4.34. The van der Waals surface area contributed by atoms with E-state index < -0.39 is 0 Å². The lowest BCUT2D eigenvalue weighted by molar-refractivity contribution is 0.440. The molecule has 1 heterocycles. The Morgan fingerprint density at radius 1 is 1.27 bits per heavy atom. The zero-order valence-electron chi connectivity index (χ0n) is 9.94. The van der Waals surface area contributed by atoms with Crippen molar-refractivity contribution in [2.24, 2.45) is 10.5 Å². The van der Waals surface area contributed by atoms with E-state index in [0.29, 0.717) is 0 Å². The molecular weight excluding hydrogens is 224 g/mol. The van der Waals surface area contributed by atoms with Crippen LogP contribution in [0.4, 0.5) is 0 Å². The normalized spacial score (nSPS) is 20.1. The molecule has 1 rings (SSSR count). The quantitative estimate of drug-likeness (QED) is 0.417. The molecule has 0 aliphatic carbocycles. The van der Waals surface area contributed by atoms with Crippen molar-refractivity contribution in [1.82, 2.24) is 5.01 Å². The topological polar surface area (TPSA) is 15.6 Å². The van der Waals surface area contributed by atoms with Gasteiger partial charge in [-0.25, -0.2) is 0 Å². The summed E-state index contributed by atoms with van der Waals surface area (Å²) >= 11 is 0. The first kappa shape index (κ1) is 12.7. The molecule has 1 aliphatic heterocycles. The molecule has 0 radical (unpaired) electrons. The molecule has 15 heavy (non-hydrogen) atoms. The molecule has 1 aliphatic rings. The summed E-state index contributed by atoms with van der Waals surface area (Å²) in [6, 6.07) is 0. The summed E-state index contributed by atoms with van der Waals surface area (Å²) in [5.74, 6) is 0. The maximum atomic E-state index is 4.16. The number of hydrogen-bond acceptors (Lipinski definition) is 4. The lowest BCUT2D eigenvalue weighted by Crippen LogP contribution is -2.04. The van der Waals surface area contributed by atoms with E-state index in [9.17, 15) is 0 Å². The molecule has 0 amide bonds. The Morgan fingerprint density at radius 3 is 2.40 bits per heavy atom. The van der Waals surface area contributed by atoms with E-state index in [0.717, 1.165) is 0 Å². The maximum Gasteiger partial charge on any atom is 0.0481 e. The van der Waals surface area contributed by atoms with Crippen LogP contribution in [0.1, 0.15) is 20.8 Å². The highest BCUT2D eigenvalue weighted by Crippen LogP contribution is 2.51. The average Bonchev–Trinajstić information content (AvgIpc) is 2.51. The average molecular weight is 242 g/mol. The van der Waals surface area contributed by atoms with E-state index >= 15 is 0 Å². The Bertz CT molecular complexity index is 309. The maximum absolute atomic E-state index is 4.16. The fraction of sp³-hybridized carbons (Fsp3) is 0.545. The van der Waals surface area contributed by atoms with Gasteiger partial charge in [0.15, 0.2) is 0 Å². The molecule has 0 fully saturated rings. The predicted octanol–water partition coefficient (Wildman–Crippen LogP) is 3.74. The van der Waals surface area contributed by atoms with Crippen LogP contribution in [0.25, 0.3) is 0 Å². The fourth-order valence-corrected chi connectivity index (χ4v) is 3.66. The zero-order valence-corrected chi connectivity index (χ0v) is 11.6. The molecule has 0 N–H and O–H groups in total. The standard InChI is InChI=1S/C11H18N2S2/c1-11(2,3)10-8-9(14-15-10)6-7-12-13(4)5/h6-8H,1-5H3. The molecule has 0 aromatic heterocycles. The van der Waals surface area contributed by atoms with Gasteiger partial charge in [-0.05, 0) is 17.6 Å². The SMILES string of the molecule is CN(C)N=CC=C1C=C(C(C)(C)C)SS1. The monoisotopic (exact) mass is 242 g/mol. The summed E-state index contributed by atoms with van der Waals surface area (Å²) < 4.78 is 0. The van der Waals surface area contributed by atoms with Gasteiger partial charge in [-0.1, -0.05) is 42.4 Å². The van der Waals surface area contributed by atoms with Crippen molar-refractivity contribution in [1.29, 1.82) is 0 Å². The number of hydrogen-bond donors (Lipinski definition) is 0. The molecule has 2 nitrogen and oxygen atoms in total. The van der Waals surface area contributed by atoms with Crippen molar-refractivity contribution >= 4 is 27.8 Å². The van der Waals surface area contributed by atoms with E-state index in [1.807, 2.05) is 31.1 Å². The first-order valence-corrected chi connectivity index (χ1v) is 7.03. The van der Waals surface area contributed by atoms with Crippen molar-refractivity contribution < 1.29 is 0 Å². The Balaban J connectivity index is 2.66. The minimum Gasteiger partial charge on any atom is -0.303 e. The molecular formula is C11H18N2S2. The number of rotatable bonds is 2. The van der Waals surface area contributed by atoms with Crippen molar-refractivity contribution in [3.05, 3.63) is 22.0 Å². The molecule has 4 heteroatoms. The van der Waals surface area contributed by atoms with Gasteiger partial charge >= 0.3 is 0 Å². The number of nitrogens with zero attached hydrogens (tertiary/aromatic N) is 2. The van der Waals surface area contributed by atoms with E-state index in [-0.39, 0.29) is 5.41 Å². The van der Waals surface area contributed by atoms with Crippen molar-refractivity contribution in [2.75, 3.05) is 14.1 Å². The van der Waals surface area contributed by atoms with Gasteiger partial charge in [0.2, 0.25) is 0 Å². The van der Waals surface area contributed by atoms with Crippen LogP contribution < -0.4 is 0 Å². The van der Waals surface area contributed by atoms with Crippen LogP contribution >= 0.6 is 21.6 Å². The van der Waals surface area contributed by atoms with Crippen molar-refractivity contribution in [3.63, 3.8) is 0 Å². The molecule has 0 spiro atoms. The van der Waals surface area contributed by atoms with Gasteiger partial charge in [-0.15, -0.1) is 0 Å². The largest absolute Gasteiger partial charge is 0.303 e. The highest BCUT2D eigenvalue weighted by atomic mass is 33.1. The van der Waals surface area contributed by atoms with Gasteiger partial charge in [0.25, 0.3) is 0 Å². The van der Waals surface area contributed by atoms with Crippen LogP contribution in [0.3, 0.4) is 0 Å². The number of allylic oxidation sites excluding steroid dienone is 3. The smallest absolute Gasteiger partial charge is 0.0481 e. The molecule has 0 saturated heterocycles. The second-order valence-corrected chi connectivity index (χ2v) is 6.85. The van der Waals surface area contributed by atoms with Crippen LogP contribution in [0.2, 0.25) is 0 Å². The molecule has 84 valence electrons. The summed E-state index contributed by atoms with van der Waals surface area (Å²) in [6.45, 7) is 6.72. The summed E-state index contributed by atoms with van der Waals surface area (Å²) in [5.41, 5.74) is 0.256. The summed E-state index contributed by atoms with van der Waals surface area (Å²) in [6.07, 6.45) is 6.14. The van der Waals surface area contributed by atoms with E-state index in [4.69, 9.17) is 0 Å². The van der Waals surface area contributed by atoms with Crippen LogP contribution in [-0.4, -0.2) is 25.3 Å². The van der Waals surface area contributed by atoms with Gasteiger partial charge in [0.05, 0.1) is 0 Å². The van der Waals surface area contributed by atoms with Crippen molar-refractivity contribution in [3.8, 4) is 0 Å². The number of hydrazone groups is 1. The minimum absolute atomic E-state index is 0.256.